The summed E-state index contributed by atoms with van der Waals surface area (Å²) in [6.45, 7) is 2.44. The summed E-state index contributed by atoms with van der Waals surface area (Å²) in [6, 6.07) is 11.5. The molecule has 0 unspecified atom stereocenters. The van der Waals surface area contributed by atoms with Gasteiger partial charge < -0.3 is 25.2 Å². The molecule has 2 amide bonds. The lowest BCUT2D eigenvalue weighted by Gasteiger charge is -2.25. The van der Waals surface area contributed by atoms with Gasteiger partial charge >= 0.3 is 0 Å². The van der Waals surface area contributed by atoms with Crippen molar-refractivity contribution in [1.29, 1.82) is 0 Å². The monoisotopic (exact) mass is 441 g/mol. The predicted molar refractivity (Wildman–Crippen MR) is 121 cm³/mol. The number of carbonyl (C=O) groups excluding carboxylic acids is 2. The van der Waals surface area contributed by atoms with E-state index in [9.17, 15) is 14.7 Å². The number of benzene rings is 2. The molecule has 0 aliphatic carbocycles. The predicted octanol–water partition coefficient (Wildman–Crippen LogP) is 1.85. The van der Waals surface area contributed by atoms with E-state index in [0.29, 0.717) is 13.0 Å². The highest BCUT2D eigenvalue weighted by molar-refractivity contribution is 5.89. The molecule has 2 aromatic carbocycles. The molecular formula is C24H31N3O5. The molecule has 0 spiro atoms. The van der Waals surface area contributed by atoms with Crippen molar-refractivity contribution in [2.24, 2.45) is 0 Å². The van der Waals surface area contributed by atoms with Crippen LogP contribution in [-0.4, -0.2) is 61.3 Å². The van der Waals surface area contributed by atoms with Crippen LogP contribution in [0.15, 0.2) is 42.5 Å². The first-order chi connectivity index (χ1) is 15.3. The molecule has 8 nitrogen and oxygen atoms in total. The number of nitrogens with zero attached hydrogens (tertiary/aromatic N) is 1. The fraction of sp³-hybridized carbons (Fsp3) is 0.417. The molecule has 2 aromatic rings. The summed E-state index contributed by atoms with van der Waals surface area (Å²) in [6.07, 6.45) is 2.04. The Hall–Kier alpha value is -3.26. The number of ether oxygens (including phenoxy) is 2. The number of carbonyl (C=O) groups is 2. The Morgan fingerprint density at radius 3 is 2.44 bits per heavy atom. The average molecular weight is 442 g/mol. The summed E-state index contributed by atoms with van der Waals surface area (Å²) in [4.78, 5) is 27.0. The van der Waals surface area contributed by atoms with E-state index in [2.05, 4.69) is 10.6 Å². The minimum atomic E-state index is -0.643. The van der Waals surface area contributed by atoms with E-state index < -0.39 is 12.1 Å². The smallest absolute Gasteiger partial charge is 0.242 e. The number of fused-ring (bicyclic) bond motifs is 1. The highest BCUT2D eigenvalue weighted by Gasteiger charge is 2.24. The van der Waals surface area contributed by atoms with Gasteiger partial charge in [0.1, 0.15) is 11.8 Å². The number of nitrogens with one attached hydrogen (secondary N) is 2. The van der Waals surface area contributed by atoms with Crippen LogP contribution in [0, 0.1) is 0 Å². The second-order valence-corrected chi connectivity index (χ2v) is 8.16. The van der Waals surface area contributed by atoms with Gasteiger partial charge in [-0.05, 0) is 75.7 Å². The van der Waals surface area contributed by atoms with E-state index in [4.69, 9.17) is 9.47 Å². The molecule has 1 aliphatic heterocycles. The topological polar surface area (TPSA) is 100 Å². The van der Waals surface area contributed by atoms with Crippen molar-refractivity contribution in [2.45, 2.75) is 38.3 Å². The number of aryl methyl sites for hydroxylation is 1. The van der Waals surface area contributed by atoms with Gasteiger partial charge in [-0.3, -0.25) is 14.5 Å². The van der Waals surface area contributed by atoms with Gasteiger partial charge in [0.25, 0.3) is 0 Å². The number of amides is 2. The summed E-state index contributed by atoms with van der Waals surface area (Å²) >= 11 is 0. The van der Waals surface area contributed by atoms with Gasteiger partial charge in [0.05, 0.1) is 6.04 Å². The van der Waals surface area contributed by atoms with E-state index in [-0.39, 0.29) is 24.4 Å². The lowest BCUT2D eigenvalue weighted by molar-refractivity contribution is -0.131. The first-order valence-electron chi connectivity index (χ1n) is 10.7. The number of hydrogen-bond acceptors (Lipinski definition) is 6. The summed E-state index contributed by atoms with van der Waals surface area (Å²) in [7, 11) is 3.65. The van der Waals surface area contributed by atoms with Crippen LogP contribution in [-0.2, 0) is 22.4 Å². The molecule has 3 rings (SSSR count). The third kappa shape index (κ3) is 6.37. The summed E-state index contributed by atoms with van der Waals surface area (Å²) in [5.41, 5.74) is 2.05. The fourth-order valence-corrected chi connectivity index (χ4v) is 3.49. The van der Waals surface area contributed by atoms with E-state index in [1.165, 1.54) is 0 Å². The van der Waals surface area contributed by atoms with Crippen molar-refractivity contribution in [2.75, 3.05) is 27.4 Å². The molecule has 0 saturated carbocycles. The van der Waals surface area contributed by atoms with Gasteiger partial charge in [-0.2, -0.15) is 0 Å². The molecule has 172 valence electrons. The quantitative estimate of drug-likeness (QED) is 0.487. The maximum absolute atomic E-state index is 12.8. The van der Waals surface area contributed by atoms with Crippen molar-refractivity contribution in [1.82, 2.24) is 15.5 Å². The van der Waals surface area contributed by atoms with Crippen molar-refractivity contribution in [3.05, 3.63) is 53.6 Å². The van der Waals surface area contributed by atoms with Gasteiger partial charge in [-0.15, -0.1) is 0 Å². The summed E-state index contributed by atoms with van der Waals surface area (Å²) in [5.74, 6) is 1.26. The normalized spacial score (nSPS) is 14.1. The first-order valence-corrected chi connectivity index (χ1v) is 10.7. The van der Waals surface area contributed by atoms with Crippen molar-refractivity contribution >= 4 is 11.8 Å². The summed E-state index contributed by atoms with van der Waals surface area (Å²) < 4.78 is 10.7. The van der Waals surface area contributed by atoms with Gasteiger partial charge in [0, 0.05) is 6.54 Å². The second kappa shape index (κ2) is 10.9. The second-order valence-electron chi connectivity index (χ2n) is 8.16. The van der Waals surface area contributed by atoms with E-state index in [0.717, 1.165) is 35.5 Å². The Labute approximate surface area is 188 Å². The molecule has 0 saturated heterocycles. The molecule has 32 heavy (non-hydrogen) atoms. The summed E-state index contributed by atoms with van der Waals surface area (Å²) in [5, 5.41) is 15.1. The van der Waals surface area contributed by atoms with Gasteiger partial charge in [0.2, 0.25) is 18.6 Å². The highest BCUT2D eigenvalue weighted by atomic mass is 16.7. The molecule has 0 fully saturated rings. The number of hydrogen-bond donors (Lipinski definition) is 3. The zero-order valence-corrected chi connectivity index (χ0v) is 18.8. The number of phenols is 1. The fourth-order valence-electron chi connectivity index (χ4n) is 3.49. The van der Waals surface area contributed by atoms with Crippen LogP contribution in [0.1, 0.15) is 24.5 Å². The first kappa shape index (κ1) is 23.4. The number of likely N-dealkylation sites (N-methyl/N-ethyl adjacent to an activating group) is 1. The number of phenolic OH excluding ortho intramolecular Hbond substituents is 1. The third-order valence-corrected chi connectivity index (χ3v) is 5.42. The Kier molecular flexibility index (Phi) is 7.94. The van der Waals surface area contributed by atoms with E-state index in [1.807, 2.05) is 37.2 Å². The molecule has 3 N–H and O–H groups in total. The van der Waals surface area contributed by atoms with Gasteiger partial charge in [-0.1, -0.05) is 18.2 Å². The molecule has 1 heterocycles. The number of aromatic hydroxyl groups is 1. The SMILES string of the molecule is C[C@@H](NC(=O)[C@H](Cc1ccc(O)cc1)N(C)C)C(=O)NCCCc1ccc2c(c1)OCO2. The Balaban J connectivity index is 1.42. The van der Waals surface area contributed by atoms with Gasteiger partial charge in [-0.25, -0.2) is 0 Å². The van der Waals surface area contributed by atoms with Crippen molar-refractivity contribution in [3.63, 3.8) is 0 Å². The standard InChI is InChI=1S/C24H31N3O5/c1-16(26-24(30)20(27(2)3)13-18-6-9-19(28)10-7-18)23(29)25-12-4-5-17-8-11-21-22(14-17)32-15-31-21/h6-11,14,16,20,28H,4-5,12-13,15H2,1-3H3,(H,25,29)(H,26,30)/t16-,20+/m1/s1. The Morgan fingerprint density at radius 1 is 1.03 bits per heavy atom. The average Bonchev–Trinajstić information content (AvgIpc) is 3.23. The molecule has 0 radical (unpaired) electrons. The minimum Gasteiger partial charge on any atom is -0.508 e. The molecular weight excluding hydrogens is 410 g/mol. The Morgan fingerprint density at radius 2 is 1.72 bits per heavy atom. The van der Waals surface area contributed by atoms with Crippen LogP contribution >= 0.6 is 0 Å². The minimum absolute atomic E-state index is 0.184. The molecule has 2 atom stereocenters. The maximum Gasteiger partial charge on any atom is 0.242 e. The lowest BCUT2D eigenvalue weighted by atomic mass is 10.0. The highest BCUT2D eigenvalue weighted by Crippen LogP contribution is 2.32. The largest absolute Gasteiger partial charge is 0.508 e. The molecule has 8 heteroatoms. The van der Waals surface area contributed by atoms with Crippen LogP contribution in [0.25, 0.3) is 0 Å². The van der Waals surface area contributed by atoms with E-state index >= 15 is 0 Å². The number of rotatable bonds is 10. The van der Waals surface area contributed by atoms with Crippen LogP contribution in [0.3, 0.4) is 0 Å². The van der Waals surface area contributed by atoms with Crippen molar-refractivity contribution < 1.29 is 24.2 Å². The maximum atomic E-state index is 12.8. The van der Waals surface area contributed by atoms with Crippen LogP contribution in [0.2, 0.25) is 0 Å². The zero-order chi connectivity index (χ0) is 23.1. The molecule has 0 bridgehead atoms. The molecule has 1 aliphatic rings. The third-order valence-electron chi connectivity index (χ3n) is 5.42. The zero-order valence-electron chi connectivity index (χ0n) is 18.8. The Bertz CT molecular complexity index is 930. The van der Waals surface area contributed by atoms with E-state index in [1.54, 1.807) is 31.2 Å². The van der Waals surface area contributed by atoms with Crippen molar-refractivity contribution in [3.8, 4) is 17.2 Å². The van der Waals surface area contributed by atoms with Crippen LogP contribution < -0.4 is 20.1 Å². The molecule has 0 aromatic heterocycles. The van der Waals surface area contributed by atoms with Gasteiger partial charge in [0.15, 0.2) is 11.5 Å². The van der Waals surface area contributed by atoms with Crippen LogP contribution in [0.4, 0.5) is 0 Å². The lowest BCUT2D eigenvalue weighted by Crippen LogP contribution is -2.52. The van der Waals surface area contributed by atoms with Crippen LogP contribution in [0.5, 0.6) is 17.2 Å².